The number of thioether (sulfide) groups is 1. The third kappa shape index (κ3) is 4.78. The molecule has 0 amide bonds. The normalized spacial score (nSPS) is 19.3. The zero-order chi connectivity index (χ0) is 13.7. The van der Waals surface area contributed by atoms with E-state index in [0.29, 0.717) is 11.8 Å². The van der Waals surface area contributed by atoms with E-state index in [1.54, 1.807) is 6.07 Å². The van der Waals surface area contributed by atoms with Gasteiger partial charge in [0.25, 0.3) is 5.69 Å². The summed E-state index contributed by atoms with van der Waals surface area (Å²) in [4.78, 5) is 10.4. The summed E-state index contributed by atoms with van der Waals surface area (Å²) in [6.07, 6.45) is 3.93. The molecule has 1 atom stereocenters. The third-order valence-corrected chi connectivity index (χ3v) is 4.98. The number of nitrogens with one attached hydrogen (secondary N) is 1. The minimum atomic E-state index is -0.356. The summed E-state index contributed by atoms with van der Waals surface area (Å²) in [5.74, 6) is 1.26. The van der Waals surface area contributed by atoms with Crippen molar-refractivity contribution in [2.45, 2.75) is 31.1 Å². The van der Waals surface area contributed by atoms with E-state index in [0.717, 1.165) is 16.6 Å². The number of benzene rings is 1. The molecule has 6 heteroatoms. The summed E-state index contributed by atoms with van der Waals surface area (Å²) >= 11 is 5.34. The van der Waals surface area contributed by atoms with Crippen molar-refractivity contribution in [3.8, 4) is 0 Å². The molecule has 4 nitrogen and oxygen atoms in total. The van der Waals surface area contributed by atoms with Gasteiger partial charge in [-0.1, -0.05) is 22.4 Å². The molecule has 104 valence electrons. The van der Waals surface area contributed by atoms with Crippen LogP contribution in [0.15, 0.2) is 22.7 Å². The quantitative estimate of drug-likeness (QED) is 0.653. The molecule has 0 aliphatic carbocycles. The summed E-state index contributed by atoms with van der Waals surface area (Å²) in [6.45, 7) is 1.66. The topological polar surface area (TPSA) is 55.2 Å². The summed E-state index contributed by atoms with van der Waals surface area (Å²) < 4.78 is 0.755. The standard InChI is InChI=1S/C13H17BrN2O2S/c14-11-5-10(6-12(7-11)16(17)18)8-15-9-13-3-1-2-4-19-13/h5-7,13,15H,1-4,8-9H2. The lowest BCUT2D eigenvalue weighted by molar-refractivity contribution is -0.385. The van der Waals surface area contributed by atoms with Crippen molar-refractivity contribution in [3.63, 3.8) is 0 Å². The van der Waals surface area contributed by atoms with Crippen LogP contribution in [0.2, 0.25) is 0 Å². The van der Waals surface area contributed by atoms with Crippen LogP contribution < -0.4 is 5.32 Å². The van der Waals surface area contributed by atoms with Crippen LogP contribution in [0.5, 0.6) is 0 Å². The van der Waals surface area contributed by atoms with Crippen LogP contribution in [0.1, 0.15) is 24.8 Å². The number of halogens is 1. The molecule has 0 aromatic heterocycles. The number of nitro benzene ring substituents is 1. The lowest BCUT2D eigenvalue weighted by atomic mass is 10.1. The van der Waals surface area contributed by atoms with Gasteiger partial charge in [-0.05, 0) is 30.2 Å². The van der Waals surface area contributed by atoms with Gasteiger partial charge in [0, 0.05) is 34.9 Å². The van der Waals surface area contributed by atoms with Gasteiger partial charge in [0.1, 0.15) is 0 Å². The van der Waals surface area contributed by atoms with Crippen molar-refractivity contribution < 1.29 is 4.92 Å². The fourth-order valence-electron chi connectivity index (χ4n) is 2.19. The molecule has 1 aromatic rings. The van der Waals surface area contributed by atoms with Gasteiger partial charge in [-0.25, -0.2) is 0 Å². The molecule has 2 rings (SSSR count). The molecule has 1 saturated heterocycles. The van der Waals surface area contributed by atoms with Crippen LogP contribution in [0, 0.1) is 10.1 Å². The second-order valence-electron chi connectivity index (χ2n) is 4.69. The molecule has 1 aliphatic rings. The Balaban J connectivity index is 1.86. The fraction of sp³-hybridized carbons (Fsp3) is 0.538. The zero-order valence-electron chi connectivity index (χ0n) is 10.6. The van der Waals surface area contributed by atoms with E-state index in [2.05, 4.69) is 21.2 Å². The zero-order valence-corrected chi connectivity index (χ0v) is 13.0. The second-order valence-corrected chi connectivity index (χ2v) is 7.02. The van der Waals surface area contributed by atoms with E-state index in [1.165, 1.54) is 31.1 Å². The van der Waals surface area contributed by atoms with Gasteiger partial charge in [0.05, 0.1) is 4.92 Å². The van der Waals surface area contributed by atoms with Gasteiger partial charge < -0.3 is 5.32 Å². The highest BCUT2D eigenvalue weighted by molar-refractivity contribution is 9.10. The minimum absolute atomic E-state index is 0.137. The Labute approximate surface area is 125 Å². The van der Waals surface area contributed by atoms with Crippen LogP contribution in [-0.4, -0.2) is 22.5 Å². The third-order valence-electron chi connectivity index (χ3n) is 3.13. The number of nitrogens with zero attached hydrogens (tertiary/aromatic N) is 1. The molecular weight excluding hydrogens is 328 g/mol. The van der Waals surface area contributed by atoms with Gasteiger partial charge >= 0.3 is 0 Å². The SMILES string of the molecule is O=[N+]([O-])c1cc(Br)cc(CNCC2CCCCS2)c1. The first-order valence-electron chi connectivity index (χ1n) is 6.41. The van der Waals surface area contributed by atoms with Crippen molar-refractivity contribution in [1.29, 1.82) is 0 Å². The maximum absolute atomic E-state index is 10.8. The molecule has 1 heterocycles. The molecule has 0 bridgehead atoms. The minimum Gasteiger partial charge on any atom is -0.312 e. The predicted octanol–water partition coefficient (Wildman–Crippen LogP) is 3.73. The summed E-state index contributed by atoms with van der Waals surface area (Å²) in [7, 11) is 0. The van der Waals surface area contributed by atoms with E-state index in [9.17, 15) is 10.1 Å². The lowest BCUT2D eigenvalue weighted by Crippen LogP contribution is -2.26. The number of hydrogen-bond donors (Lipinski definition) is 1. The monoisotopic (exact) mass is 344 g/mol. The van der Waals surface area contributed by atoms with Crippen LogP contribution in [0.4, 0.5) is 5.69 Å². The van der Waals surface area contributed by atoms with E-state index in [-0.39, 0.29) is 10.6 Å². The second kappa shape index (κ2) is 7.26. The van der Waals surface area contributed by atoms with E-state index in [4.69, 9.17) is 0 Å². The van der Waals surface area contributed by atoms with Crippen molar-refractivity contribution >= 4 is 33.4 Å². The van der Waals surface area contributed by atoms with E-state index < -0.39 is 0 Å². The highest BCUT2D eigenvalue weighted by Gasteiger charge is 2.13. The molecule has 1 unspecified atom stereocenters. The Hall–Kier alpha value is -0.590. The number of hydrogen-bond acceptors (Lipinski definition) is 4. The molecule has 1 N–H and O–H groups in total. The summed E-state index contributed by atoms with van der Waals surface area (Å²) in [6, 6.07) is 5.08. The highest BCUT2D eigenvalue weighted by Crippen LogP contribution is 2.25. The van der Waals surface area contributed by atoms with Crippen molar-refractivity contribution in [1.82, 2.24) is 5.32 Å². The largest absolute Gasteiger partial charge is 0.312 e. The van der Waals surface area contributed by atoms with Crippen molar-refractivity contribution in [2.75, 3.05) is 12.3 Å². The molecule has 1 aromatic carbocycles. The van der Waals surface area contributed by atoms with Crippen molar-refractivity contribution in [2.24, 2.45) is 0 Å². The fourth-order valence-corrected chi connectivity index (χ4v) is 3.99. The van der Waals surface area contributed by atoms with Crippen molar-refractivity contribution in [3.05, 3.63) is 38.3 Å². The molecule has 0 spiro atoms. The Morgan fingerprint density at radius 3 is 2.95 bits per heavy atom. The lowest BCUT2D eigenvalue weighted by Gasteiger charge is -2.21. The summed E-state index contributed by atoms with van der Waals surface area (Å²) in [5.41, 5.74) is 1.08. The van der Waals surface area contributed by atoms with Crippen LogP contribution in [-0.2, 0) is 6.54 Å². The maximum Gasteiger partial charge on any atom is 0.270 e. The molecule has 1 fully saturated rings. The van der Waals surface area contributed by atoms with Crippen LogP contribution in [0.3, 0.4) is 0 Å². The van der Waals surface area contributed by atoms with Gasteiger partial charge in [0.2, 0.25) is 0 Å². The van der Waals surface area contributed by atoms with E-state index >= 15 is 0 Å². The Bertz CT molecular complexity index is 450. The highest BCUT2D eigenvalue weighted by atomic mass is 79.9. The molecule has 19 heavy (non-hydrogen) atoms. The maximum atomic E-state index is 10.8. The molecular formula is C13H17BrN2O2S. The van der Waals surface area contributed by atoms with Gasteiger partial charge in [-0.2, -0.15) is 11.8 Å². The molecule has 1 aliphatic heterocycles. The van der Waals surface area contributed by atoms with Gasteiger partial charge in [0.15, 0.2) is 0 Å². The predicted molar refractivity (Wildman–Crippen MR) is 82.6 cm³/mol. The average molecular weight is 345 g/mol. The number of nitro groups is 1. The Morgan fingerprint density at radius 2 is 2.26 bits per heavy atom. The average Bonchev–Trinajstić information content (AvgIpc) is 2.39. The molecule has 0 saturated carbocycles. The van der Waals surface area contributed by atoms with Gasteiger partial charge in [-0.15, -0.1) is 0 Å². The Morgan fingerprint density at radius 1 is 1.42 bits per heavy atom. The first-order chi connectivity index (χ1) is 9.15. The molecule has 0 radical (unpaired) electrons. The van der Waals surface area contributed by atoms with E-state index in [1.807, 2.05) is 17.8 Å². The first kappa shape index (κ1) is 14.8. The number of rotatable bonds is 5. The first-order valence-corrected chi connectivity index (χ1v) is 8.25. The smallest absolute Gasteiger partial charge is 0.270 e. The number of non-ortho nitro benzene ring substituents is 1. The Kier molecular flexibility index (Phi) is 5.66. The van der Waals surface area contributed by atoms with Crippen LogP contribution >= 0.6 is 27.7 Å². The van der Waals surface area contributed by atoms with Crippen LogP contribution in [0.25, 0.3) is 0 Å². The van der Waals surface area contributed by atoms with Gasteiger partial charge in [-0.3, -0.25) is 10.1 Å². The summed E-state index contributed by atoms with van der Waals surface area (Å²) in [5, 5.41) is 14.9.